The van der Waals surface area contributed by atoms with Gasteiger partial charge < -0.3 is 24.4 Å². The monoisotopic (exact) mass is 412 g/mol. The molecule has 1 saturated heterocycles. The highest BCUT2D eigenvalue weighted by Crippen LogP contribution is 2.55. The molecule has 0 atom stereocenters. The van der Waals surface area contributed by atoms with Crippen LogP contribution in [0.4, 0.5) is 4.79 Å². The Morgan fingerprint density at radius 1 is 1.10 bits per heavy atom. The number of carbonyl (C=O) groups excluding carboxylic acids is 4. The van der Waals surface area contributed by atoms with Crippen molar-refractivity contribution in [2.24, 2.45) is 5.41 Å². The molecule has 1 heterocycles. The van der Waals surface area contributed by atoms with Crippen molar-refractivity contribution in [2.45, 2.75) is 78.0 Å². The van der Waals surface area contributed by atoms with Gasteiger partial charge in [-0.3, -0.25) is 14.4 Å². The third-order valence-electron chi connectivity index (χ3n) is 4.96. The first-order valence-electron chi connectivity index (χ1n) is 10.00. The summed E-state index contributed by atoms with van der Waals surface area (Å²) < 4.78 is 15.6. The minimum absolute atomic E-state index is 0.0904. The van der Waals surface area contributed by atoms with Crippen LogP contribution in [0.25, 0.3) is 0 Å². The van der Waals surface area contributed by atoms with E-state index in [-0.39, 0.29) is 25.8 Å². The lowest BCUT2D eigenvalue weighted by molar-refractivity contribution is -0.175. The molecule has 0 aromatic heterocycles. The fourth-order valence-corrected chi connectivity index (χ4v) is 3.52. The highest BCUT2D eigenvalue weighted by atomic mass is 16.6. The van der Waals surface area contributed by atoms with Gasteiger partial charge in [-0.25, -0.2) is 4.79 Å². The van der Waals surface area contributed by atoms with Crippen LogP contribution in [-0.4, -0.2) is 65.8 Å². The van der Waals surface area contributed by atoms with Crippen LogP contribution in [0.3, 0.4) is 0 Å². The molecule has 9 nitrogen and oxygen atoms in total. The van der Waals surface area contributed by atoms with Crippen molar-refractivity contribution in [1.29, 1.82) is 0 Å². The number of nitrogens with zero attached hydrogens (tertiary/aromatic N) is 1. The van der Waals surface area contributed by atoms with Gasteiger partial charge in [0.2, 0.25) is 5.91 Å². The molecule has 1 aliphatic heterocycles. The highest BCUT2D eigenvalue weighted by molar-refractivity contribution is 5.95. The van der Waals surface area contributed by atoms with E-state index >= 15 is 0 Å². The van der Waals surface area contributed by atoms with Gasteiger partial charge in [0.15, 0.2) is 0 Å². The molecule has 0 aromatic carbocycles. The molecular formula is C20H32N2O7. The van der Waals surface area contributed by atoms with Gasteiger partial charge in [-0.15, -0.1) is 0 Å². The van der Waals surface area contributed by atoms with E-state index in [0.29, 0.717) is 12.8 Å². The molecule has 0 aromatic rings. The Balaban J connectivity index is 2.13. The van der Waals surface area contributed by atoms with Crippen LogP contribution in [0.5, 0.6) is 0 Å². The summed E-state index contributed by atoms with van der Waals surface area (Å²) in [5, 5.41) is 2.84. The first-order valence-corrected chi connectivity index (χ1v) is 10.00. The number of carbonyl (C=O) groups is 4. The van der Waals surface area contributed by atoms with E-state index in [1.54, 1.807) is 41.5 Å². The molecule has 0 unspecified atom stereocenters. The van der Waals surface area contributed by atoms with E-state index < -0.39 is 46.9 Å². The third-order valence-corrected chi connectivity index (χ3v) is 4.96. The van der Waals surface area contributed by atoms with Gasteiger partial charge in [-0.1, -0.05) is 0 Å². The molecule has 0 spiro atoms. The number of esters is 2. The van der Waals surface area contributed by atoms with Gasteiger partial charge in [-0.05, 0) is 54.4 Å². The van der Waals surface area contributed by atoms with Crippen molar-refractivity contribution in [2.75, 3.05) is 19.7 Å². The zero-order chi connectivity index (χ0) is 22.0. The average molecular weight is 412 g/mol. The fraction of sp³-hybridized carbons (Fsp3) is 0.800. The van der Waals surface area contributed by atoms with Crippen LogP contribution >= 0.6 is 0 Å². The zero-order valence-corrected chi connectivity index (χ0v) is 18.1. The summed E-state index contributed by atoms with van der Waals surface area (Å²) in [6, 6.07) is 0. The van der Waals surface area contributed by atoms with E-state index in [9.17, 15) is 19.2 Å². The molecular weight excluding hydrogens is 380 g/mol. The number of nitrogens with one attached hydrogen (secondary N) is 1. The van der Waals surface area contributed by atoms with E-state index in [0.717, 1.165) is 0 Å². The normalized spacial score (nSPS) is 19.1. The third kappa shape index (κ3) is 5.19. The first-order chi connectivity index (χ1) is 13.3. The molecule has 2 rings (SSSR count). The maximum Gasteiger partial charge on any atom is 0.410 e. The largest absolute Gasteiger partial charge is 0.466 e. The van der Waals surface area contributed by atoms with Crippen LogP contribution in [0.2, 0.25) is 0 Å². The molecule has 1 saturated carbocycles. The number of amides is 2. The second kappa shape index (κ2) is 8.20. The SMILES string of the molecule is CCOC(=O)CC(=O)NC1(C2(C(=O)OC(C)C)CN(C(=O)OC(C)(C)C)C2)CC1. The smallest absolute Gasteiger partial charge is 0.410 e. The number of likely N-dealkylation sites (tertiary alicyclic amines) is 1. The van der Waals surface area contributed by atoms with Gasteiger partial charge in [0.25, 0.3) is 0 Å². The maximum absolute atomic E-state index is 13.0. The molecule has 9 heteroatoms. The topological polar surface area (TPSA) is 111 Å². The quantitative estimate of drug-likeness (QED) is 0.385. The highest BCUT2D eigenvalue weighted by Gasteiger charge is 2.71. The lowest BCUT2D eigenvalue weighted by atomic mass is 9.71. The van der Waals surface area contributed by atoms with Crippen molar-refractivity contribution >= 4 is 23.9 Å². The molecule has 2 amide bonds. The number of rotatable bonds is 7. The molecule has 2 fully saturated rings. The Morgan fingerprint density at radius 2 is 1.69 bits per heavy atom. The summed E-state index contributed by atoms with van der Waals surface area (Å²) in [6.07, 6.45) is -0.130. The zero-order valence-electron chi connectivity index (χ0n) is 18.1. The fourth-order valence-electron chi connectivity index (χ4n) is 3.52. The average Bonchev–Trinajstić information content (AvgIpc) is 3.23. The van der Waals surface area contributed by atoms with Crippen molar-refractivity contribution in [1.82, 2.24) is 10.2 Å². The van der Waals surface area contributed by atoms with Crippen LogP contribution in [0.1, 0.15) is 60.8 Å². The predicted molar refractivity (Wildman–Crippen MR) is 103 cm³/mol. The van der Waals surface area contributed by atoms with E-state index in [1.807, 2.05) is 0 Å². The lowest BCUT2D eigenvalue weighted by Crippen LogP contribution is -2.72. The van der Waals surface area contributed by atoms with Crippen LogP contribution in [0.15, 0.2) is 0 Å². The molecule has 1 N–H and O–H groups in total. The van der Waals surface area contributed by atoms with E-state index in [4.69, 9.17) is 14.2 Å². The van der Waals surface area contributed by atoms with Crippen LogP contribution in [0, 0.1) is 5.41 Å². The molecule has 2 aliphatic rings. The van der Waals surface area contributed by atoms with Gasteiger partial charge in [0.1, 0.15) is 17.4 Å². The second-order valence-electron chi connectivity index (χ2n) is 8.98. The number of hydrogen-bond acceptors (Lipinski definition) is 7. The Bertz CT molecular complexity index is 671. The van der Waals surface area contributed by atoms with Gasteiger partial charge >= 0.3 is 18.0 Å². The van der Waals surface area contributed by atoms with Crippen LogP contribution in [-0.2, 0) is 28.6 Å². The Labute approximate surface area is 171 Å². The van der Waals surface area contributed by atoms with Crippen molar-refractivity contribution in [3.05, 3.63) is 0 Å². The summed E-state index contributed by atoms with van der Waals surface area (Å²) in [5.74, 6) is -1.58. The Hall–Kier alpha value is -2.32. The number of hydrogen-bond donors (Lipinski definition) is 1. The minimum atomic E-state index is -1.06. The second-order valence-corrected chi connectivity index (χ2v) is 8.98. The lowest BCUT2D eigenvalue weighted by Gasteiger charge is -2.52. The summed E-state index contributed by atoms with van der Waals surface area (Å²) in [4.78, 5) is 50.7. The molecule has 1 aliphatic carbocycles. The molecule has 164 valence electrons. The molecule has 29 heavy (non-hydrogen) atoms. The molecule has 0 bridgehead atoms. The van der Waals surface area contributed by atoms with Crippen molar-refractivity contribution in [3.63, 3.8) is 0 Å². The van der Waals surface area contributed by atoms with Crippen molar-refractivity contribution < 1.29 is 33.4 Å². The van der Waals surface area contributed by atoms with E-state index in [2.05, 4.69) is 5.32 Å². The molecule has 0 radical (unpaired) electrons. The van der Waals surface area contributed by atoms with Gasteiger partial charge in [-0.2, -0.15) is 0 Å². The Kier molecular flexibility index (Phi) is 6.49. The minimum Gasteiger partial charge on any atom is -0.466 e. The number of ether oxygens (including phenoxy) is 3. The Morgan fingerprint density at radius 3 is 2.14 bits per heavy atom. The predicted octanol–water partition coefficient (Wildman–Crippen LogP) is 1.78. The summed E-state index contributed by atoms with van der Waals surface area (Å²) in [7, 11) is 0. The standard InChI is InChI=1S/C20H32N2O7/c1-7-27-15(24)10-14(23)21-20(8-9-20)19(16(25)28-13(2)3)11-22(12-19)17(26)29-18(4,5)6/h13H,7-12H2,1-6H3,(H,21,23). The van der Waals surface area contributed by atoms with Gasteiger partial charge in [0.05, 0.1) is 18.2 Å². The summed E-state index contributed by atoms with van der Waals surface area (Å²) in [5.41, 5.74) is -2.54. The van der Waals surface area contributed by atoms with Crippen molar-refractivity contribution in [3.8, 4) is 0 Å². The van der Waals surface area contributed by atoms with Crippen LogP contribution < -0.4 is 5.32 Å². The maximum atomic E-state index is 13.0. The first kappa shape index (κ1) is 23.0. The van der Waals surface area contributed by atoms with Gasteiger partial charge in [0, 0.05) is 13.1 Å². The summed E-state index contributed by atoms with van der Waals surface area (Å²) >= 11 is 0. The summed E-state index contributed by atoms with van der Waals surface area (Å²) in [6.45, 7) is 10.8. The van der Waals surface area contributed by atoms with E-state index in [1.165, 1.54) is 4.90 Å².